The Morgan fingerprint density at radius 1 is 0.433 bits per heavy atom. The molecule has 0 aromatic carbocycles. The van der Waals surface area contributed by atoms with Crippen molar-refractivity contribution in [2.75, 3.05) is 26.4 Å². The molecule has 11 heteroatoms. The number of ether oxygens (including phenoxy) is 2. The highest BCUT2D eigenvalue weighted by molar-refractivity contribution is 7.47. The van der Waals surface area contributed by atoms with E-state index in [-0.39, 0.29) is 19.4 Å². The molecule has 67 heavy (non-hydrogen) atoms. The molecule has 0 aliphatic rings. The molecule has 3 N–H and O–H groups in total. The van der Waals surface area contributed by atoms with E-state index < -0.39 is 51.8 Å². The van der Waals surface area contributed by atoms with Crippen LogP contribution in [-0.4, -0.2) is 65.7 Å². The average Bonchev–Trinajstić information content (AvgIpc) is 3.32. The van der Waals surface area contributed by atoms with Crippen molar-refractivity contribution >= 4 is 19.8 Å². The van der Waals surface area contributed by atoms with E-state index in [9.17, 15) is 24.2 Å². The molecular weight excluding hydrogens is 864 g/mol. The zero-order chi connectivity index (χ0) is 49.0. The van der Waals surface area contributed by atoms with Crippen LogP contribution in [0.25, 0.3) is 0 Å². The number of unbranched alkanes of at least 4 members (excludes halogenated alkanes) is 39. The van der Waals surface area contributed by atoms with Crippen LogP contribution in [-0.2, 0) is 32.7 Å². The molecule has 0 aliphatic carbocycles. The summed E-state index contributed by atoms with van der Waals surface area (Å²) in [6, 6.07) is 0. The van der Waals surface area contributed by atoms with E-state index in [0.29, 0.717) is 12.8 Å². The van der Waals surface area contributed by atoms with Crippen LogP contribution in [0.4, 0.5) is 0 Å². The Hall–Kier alpha value is -1.29. The van der Waals surface area contributed by atoms with Gasteiger partial charge in [-0.3, -0.25) is 18.6 Å². The number of hydrogen-bond acceptors (Lipinski definition) is 9. The van der Waals surface area contributed by atoms with Gasteiger partial charge in [0.05, 0.1) is 19.8 Å². The van der Waals surface area contributed by atoms with Crippen LogP contribution in [0.5, 0.6) is 0 Å². The summed E-state index contributed by atoms with van der Waals surface area (Å²) in [5, 5.41) is 18.4. The van der Waals surface area contributed by atoms with E-state index in [4.69, 9.17) is 23.6 Å². The van der Waals surface area contributed by atoms with Gasteiger partial charge >= 0.3 is 19.8 Å². The molecule has 0 radical (unpaired) electrons. The number of rotatable bonds is 55. The zero-order valence-electron chi connectivity index (χ0n) is 43.9. The third kappa shape index (κ3) is 52.4. The van der Waals surface area contributed by atoms with Gasteiger partial charge in [0.25, 0.3) is 0 Å². The van der Waals surface area contributed by atoms with Crippen molar-refractivity contribution in [3.8, 4) is 0 Å². The lowest BCUT2D eigenvalue weighted by molar-refractivity contribution is -0.161. The minimum absolute atomic E-state index is 0.189. The second kappa shape index (κ2) is 52.5. The Kier molecular flexibility index (Phi) is 51.5. The summed E-state index contributed by atoms with van der Waals surface area (Å²) in [5.74, 6) is -0.905. The largest absolute Gasteiger partial charge is 0.472 e. The Balaban J connectivity index is 4.07. The van der Waals surface area contributed by atoms with Gasteiger partial charge in [-0.15, -0.1) is 0 Å². The predicted molar refractivity (Wildman–Crippen MR) is 279 cm³/mol. The van der Waals surface area contributed by atoms with Crippen LogP contribution in [0.15, 0.2) is 12.2 Å². The maximum Gasteiger partial charge on any atom is 0.472 e. The number of allylic oxidation sites excluding steroid dienone is 2. The summed E-state index contributed by atoms with van der Waals surface area (Å²) in [4.78, 5) is 35.3. The molecule has 0 amide bonds. The van der Waals surface area contributed by atoms with Gasteiger partial charge in [0.15, 0.2) is 6.10 Å². The van der Waals surface area contributed by atoms with E-state index in [1.165, 1.54) is 225 Å². The SMILES string of the molecule is CCCCCCCCCC/C=C\CCCCCCCCCCCCCC(=O)OC(COC(=O)CCCCCCCCCCCCCCCCCCCCCCC)COP(=O)(O)OCC(O)CO. The summed E-state index contributed by atoms with van der Waals surface area (Å²) in [6.45, 7) is 2.46. The monoisotopic (exact) mass is 973 g/mol. The van der Waals surface area contributed by atoms with E-state index in [0.717, 1.165) is 32.1 Å². The second-order valence-electron chi connectivity index (χ2n) is 19.7. The minimum atomic E-state index is -4.62. The van der Waals surface area contributed by atoms with E-state index in [2.05, 4.69) is 26.0 Å². The molecule has 0 aromatic heterocycles. The lowest BCUT2D eigenvalue weighted by Crippen LogP contribution is -2.29. The molecule has 3 atom stereocenters. The first-order valence-electron chi connectivity index (χ1n) is 28.6. The van der Waals surface area contributed by atoms with Gasteiger partial charge in [-0.05, 0) is 38.5 Å². The summed E-state index contributed by atoms with van der Waals surface area (Å²) in [5.41, 5.74) is 0. The van der Waals surface area contributed by atoms with Gasteiger partial charge in [-0.1, -0.05) is 257 Å². The van der Waals surface area contributed by atoms with E-state index in [1.54, 1.807) is 0 Å². The lowest BCUT2D eigenvalue weighted by atomic mass is 10.0. The number of phosphoric ester groups is 1. The first-order chi connectivity index (χ1) is 32.7. The molecule has 398 valence electrons. The predicted octanol–water partition coefficient (Wildman–Crippen LogP) is 16.7. The number of phosphoric acid groups is 1. The van der Waals surface area contributed by atoms with Crippen molar-refractivity contribution in [1.82, 2.24) is 0 Å². The summed E-state index contributed by atoms with van der Waals surface area (Å²) >= 11 is 0. The van der Waals surface area contributed by atoms with Gasteiger partial charge in [0, 0.05) is 12.8 Å². The maximum absolute atomic E-state index is 12.7. The summed E-state index contributed by atoms with van der Waals surface area (Å²) in [6.07, 6.45) is 56.2. The lowest BCUT2D eigenvalue weighted by Gasteiger charge is -2.20. The first-order valence-corrected chi connectivity index (χ1v) is 30.1. The van der Waals surface area contributed by atoms with Crippen molar-refractivity contribution in [3.63, 3.8) is 0 Å². The standard InChI is InChI=1S/C56H109O10P/c1-3-5-7-9-11-13-15-17-19-21-23-25-26-28-30-32-34-36-38-40-42-44-46-48-56(60)66-54(52-65-67(61,62)64-50-53(58)49-57)51-63-55(59)47-45-43-41-39-37-35-33-31-29-27-24-22-20-18-16-14-12-10-8-6-4-2/h21,23,53-54,57-58H,3-20,22,24-52H2,1-2H3,(H,61,62)/b23-21-. The molecule has 0 spiro atoms. The van der Waals surface area contributed by atoms with Crippen molar-refractivity contribution in [3.05, 3.63) is 12.2 Å². The van der Waals surface area contributed by atoms with Crippen molar-refractivity contribution in [2.45, 2.75) is 309 Å². The van der Waals surface area contributed by atoms with Gasteiger partial charge in [-0.25, -0.2) is 4.57 Å². The number of carbonyl (C=O) groups is 2. The molecule has 0 saturated heterocycles. The molecule has 0 aromatic rings. The van der Waals surface area contributed by atoms with E-state index >= 15 is 0 Å². The van der Waals surface area contributed by atoms with Crippen molar-refractivity contribution < 1.29 is 47.8 Å². The van der Waals surface area contributed by atoms with E-state index in [1.807, 2.05) is 0 Å². The molecule has 0 heterocycles. The Labute approximate surface area is 413 Å². The molecule has 0 fully saturated rings. The summed E-state index contributed by atoms with van der Waals surface area (Å²) in [7, 11) is -4.62. The molecule has 0 saturated carbocycles. The molecule has 0 bridgehead atoms. The smallest absolute Gasteiger partial charge is 0.462 e. The number of aliphatic hydroxyl groups is 2. The Morgan fingerprint density at radius 3 is 1.07 bits per heavy atom. The quantitative estimate of drug-likeness (QED) is 0.0233. The van der Waals surface area contributed by atoms with Crippen LogP contribution < -0.4 is 0 Å². The van der Waals surface area contributed by atoms with Crippen LogP contribution in [0.3, 0.4) is 0 Å². The number of carbonyl (C=O) groups excluding carboxylic acids is 2. The molecular formula is C56H109O10P. The van der Waals surface area contributed by atoms with Crippen LogP contribution in [0.2, 0.25) is 0 Å². The highest BCUT2D eigenvalue weighted by atomic mass is 31.2. The normalized spacial score (nSPS) is 13.6. The molecule has 0 rings (SSSR count). The zero-order valence-corrected chi connectivity index (χ0v) is 44.8. The van der Waals surface area contributed by atoms with Crippen LogP contribution in [0, 0.1) is 0 Å². The molecule has 3 unspecified atom stereocenters. The number of aliphatic hydroxyl groups excluding tert-OH is 2. The number of esters is 2. The highest BCUT2D eigenvalue weighted by Crippen LogP contribution is 2.43. The summed E-state index contributed by atoms with van der Waals surface area (Å²) < 4.78 is 33.0. The van der Waals surface area contributed by atoms with Gasteiger partial charge in [0.2, 0.25) is 0 Å². The van der Waals surface area contributed by atoms with Crippen LogP contribution >= 0.6 is 7.82 Å². The van der Waals surface area contributed by atoms with Gasteiger partial charge in [-0.2, -0.15) is 0 Å². The third-order valence-corrected chi connectivity index (χ3v) is 13.9. The Morgan fingerprint density at radius 2 is 0.731 bits per heavy atom. The number of hydrogen-bond donors (Lipinski definition) is 3. The maximum atomic E-state index is 12.7. The fraction of sp³-hybridized carbons (Fsp3) is 0.929. The van der Waals surface area contributed by atoms with Gasteiger partial charge < -0.3 is 24.6 Å². The first kappa shape index (κ1) is 65.7. The highest BCUT2D eigenvalue weighted by Gasteiger charge is 2.27. The third-order valence-electron chi connectivity index (χ3n) is 12.9. The minimum Gasteiger partial charge on any atom is -0.462 e. The van der Waals surface area contributed by atoms with Crippen molar-refractivity contribution in [1.29, 1.82) is 0 Å². The van der Waals surface area contributed by atoms with Crippen molar-refractivity contribution in [2.24, 2.45) is 0 Å². The second-order valence-corrected chi connectivity index (χ2v) is 21.1. The topological polar surface area (TPSA) is 149 Å². The van der Waals surface area contributed by atoms with Gasteiger partial charge in [0.1, 0.15) is 12.7 Å². The fourth-order valence-electron chi connectivity index (χ4n) is 8.52. The Bertz CT molecular complexity index is 1120. The van der Waals surface area contributed by atoms with Crippen LogP contribution in [0.1, 0.15) is 296 Å². The fourth-order valence-corrected chi connectivity index (χ4v) is 9.31. The average molecular weight is 973 g/mol. The molecule has 10 nitrogen and oxygen atoms in total. The molecule has 0 aliphatic heterocycles.